The topological polar surface area (TPSA) is 78.3 Å². The van der Waals surface area contributed by atoms with Crippen LogP contribution < -0.4 is 14.8 Å². The van der Waals surface area contributed by atoms with Gasteiger partial charge in [0.1, 0.15) is 13.2 Å². The van der Waals surface area contributed by atoms with Gasteiger partial charge < -0.3 is 14.8 Å². The van der Waals surface area contributed by atoms with Crippen LogP contribution in [0.5, 0.6) is 11.5 Å². The number of carbonyl (C=O) groups is 1. The molecule has 1 N–H and O–H groups in total. The highest BCUT2D eigenvalue weighted by atomic mass is 16.6. The van der Waals surface area contributed by atoms with Crippen molar-refractivity contribution in [3.8, 4) is 11.5 Å². The molecule has 162 valence electrons. The van der Waals surface area contributed by atoms with Crippen LogP contribution in [0.25, 0.3) is 11.0 Å². The first-order valence-electron chi connectivity index (χ1n) is 11.0. The number of aryl methyl sites for hydroxylation is 3. The number of rotatable bonds is 4. The largest absolute Gasteiger partial charge is 0.486 e. The summed E-state index contributed by atoms with van der Waals surface area (Å²) in [6.07, 6.45) is 4.41. The Morgan fingerprint density at radius 2 is 1.87 bits per heavy atom. The van der Waals surface area contributed by atoms with Crippen molar-refractivity contribution in [2.75, 3.05) is 19.8 Å². The van der Waals surface area contributed by atoms with E-state index in [-0.39, 0.29) is 11.3 Å². The number of aromatic nitrogens is 3. The molecular formula is C24H28N4O3. The fraction of sp³-hybridized carbons (Fsp3) is 0.458. The summed E-state index contributed by atoms with van der Waals surface area (Å²) < 4.78 is 13.2. The van der Waals surface area contributed by atoms with Crippen LogP contribution in [0.2, 0.25) is 0 Å². The van der Waals surface area contributed by atoms with Crippen LogP contribution >= 0.6 is 0 Å². The van der Waals surface area contributed by atoms with Crippen molar-refractivity contribution in [3.05, 3.63) is 46.8 Å². The van der Waals surface area contributed by atoms with Gasteiger partial charge >= 0.3 is 0 Å². The highest BCUT2D eigenvalue weighted by Crippen LogP contribution is 2.44. The Kier molecular flexibility index (Phi) is 4.84. The number of nitrogens with zero attached hydrogens (tertiary/aromatic N) is 3. The fourth-order valence-corrected chi connectivity index (χ4v) is 5.09. The van der Waals surface area contributed by atoms with Crippen molar-refractivity contribution in [2.45, 2.75) is 44.9 Å². The summed E-state index contributed by atoms with van der Waals surface area (Å²) in [6.45, 7) is 5.58. The summed E-state index contributed by atoms with van der Waals surface area (Å²) in [5.74, 6) is 1.53. The summed E-state index contributed by atoms with van der Waals surface area (Å²) in [5.41, 5.74) is 4.13. The second-order valence-corrected chi connectivity index (χ2v) is 8.75. The monoisotopic (exact) mass is 420 g/mol. The summed E-state index contributed by atoms with van der Waals surface area (Å²) in [5, 5.41) is 8.53. The van der Waals surface area contributed by atoms with Crippen LogP contribution in [0.15, 0.2) is 24.3 Å². The molecule has 3 aromatic rings. The van der Waals surface area contributed by atoms with Crippen LogP contribution in [-0.4, -0.2) is 40.4 Å². The minimum absolute atomic E-state index is 0.0737. The SMILES string of the molecule is Cc1cc(C(=O)NCC2(c3ccc4c(c3)OCCO4)CCCC2)c2c(C)nn(C)c2n1. The Hall–Kier alpha value is -3.09. The summed E-state index contributed by atoms with van der Waals surface area (Å²) in [6, 6.07) is 8.09. The standard InChI is InChI=1S/C24H28N4O3/c1-15-12-18(21-16(2)27-28(3)22(21)26-15)23(29)25-14-24(8-4-5-9-24)17-6-7-19-20(13-17)31-11-10-30-19/h6-7,12-13H,4-5,8-11,14H2,1-3H3,(H,25,29). The maximum Gasteiger partial charge on any atom is 0.252 e. The third kappa shape index (κ3) is 3.42. The molecule has 0 unspecified atom stereocenters. The molecule has 1 fully saturated rings. The van der Waals surface area contributed by atoms with Gasteiger partial charge in [-0.15, -0.1) is 0 Å². The predicted octanol–water partition coefficient (Wildman–Crippen LogP) is 3.60. The summed E-state index contributed by atoms with van der Waals surface area (Å²) in [4.78, 5) is 17.9. The van der Waals surface area contributed by atoms with Crippen LogP contribution in [-0.2, 0) is 12.5 Å². The zero-order chi connectivity index (χ0) is 21.6. The van der Waals surface area contributed by atoms with E-state index in [2.05, 4.69) is 27.5 Å². The van der Waals surface area contributed by atoms with Crippen LogP contribution in [0.1, 0.15) is 53.0 Å². The van der Waals surface area contributed by atoms with E-state index in [0.717, 1.165) is 59.6 Å². The van der Waals surface area contributed by atoms with Gasteiger partial charge in [-0.3, -0.25) is 9.48 Å². The quantitative estimate of drug-likeness (QED) is 0.698. The lowest BCUT2D eigenvalue weighted by molar-refractivity contribution is 0.0944. The lowest BCUT2D eigenvalue weighted by atomic mass is 9.78. The fourth-order valence-electron chi connectivity index (χ4n) is 5.09. The maximum atomic E-state index is 13.3. The first-order chi connectivity index (χ1) is 15.0. The molecule has 0 bridgehead atoms. The van der Waals surface area contributed by atoms with Crippen LogP contribution in [0.4, 0.5) is 0 Å². The van der Waals surface area contributed by atoms with Gasteiger partial charge in [0.2, 0.25) is 0 Å². The van der Waals surface area contributed by atoms with Gasteiger partial charge in [-0.2, -0.15) is 5.10 Å². The molecule has 1 aliphatic heterocycles. The first kappa shape index (κ1) is 19.8. The number of fused-ring (bicyclic) bond motifs is 2. The lowest BCUT2D eigenvalue weighted by Crippen LogP contribution is -2.39. The van der Waals surface area contributed by atoms with Crippen LogP contribution in [0.3, 0.4) is 0 Å². The third-order valence-electron chi connectivity index (χ3n) is 6.64. The average molecular weight is 421 g/mol. The molecule has 2 aliphatic rings. The molecule has 7 nitrogen and oxygen atoms in total. The number of pyridine rings is 1. The number of benzene rings is 1. The highest BCUT2D eigenvalue weighted by Gasteiger charge is 2.37. The molecule has 1 amide bonds. The van der Waals surface area contributed by atoms with E-state index in [1.54, 1.807) is 4.68 Å². The van der Waals surface area contributed by atoms with E-state index in [4.69, 9.17) is 9.47 Å². The van der Waals surface area contributed by atoms with Gasteiger partial charge in [0.05, 0.1) is 16.6 Å². The Morgan fingerprint density at radius 1 is 1.13 bits per heavy atom. The third-order valence-corrected chi connectivity index (χ3v) is 6.64. The van der Waals surface area contributed by atoms with Crippen molar-refractivity contribution in [3.63, 3.8) is 0 Å². The van der Waals surface area contributed by atoms with Crippen molar-refractivity contribution in [1.82, 2.24) is 20.1 Å². The highest BCUT2D eigenvalue weighted by molar-refractivity contribution is 6.06. The van der Waals surface area contributed by atoms with Gasteiger partial charge in [0.15, 0.2) is 17.1 Å². The van der Waals surface area contributed by atoms with E-state index < -0.39 is 0 Å². The lowest BCUT2D eigenvalue weighted by Gasteiger charge is -2.31. The molecule has 31 heavy (non-hydrogen) atoms. The average Bonchev–Trinajstić information content (AvgIpc) is 3.36. The van der Waals surface area contributed by atoms with Gasteiger partial charge in [0, 0.05) is 24.7 Å². The second kappa shape index (κ2) is 7.55. The molecule has 1 aliphatic carbocycles. The minimum atomic E-state index is -0.0866. The van der Waals surface area contributed by atoms with Crippen molar-refractivity contribution in [1.29, 1.82) is 0 Å². The van der Waals surface area contributed by atoms with E-state index in [0.29, 0.717) is 25.3 Å². The molecule has 0 radical (unpaired) electrons. The van der Waals surface area contributed by atoms with E-state index >= 15 is 0 Å². The minimum Gasteiger partial charge on any atom is -0.486 e. The molecule has 5 rings (SSSR count). The molecule has 0 saturated heterocycles. The molecule has 0 atom stereocenters. The van der Waals surface area contributed by atoms with E-state index in [1.165, 1.54) is 5.56 Å². The van der Waals surface area contributed by atoms with Gasteiger partial charge in [-0.25, -0.2) is 4.98 Å². The van der Waals surface area contributed by atoms with Gasteiger partial charge in [-0.05, 0) is 50.5 Å². The Morgan fingerprint density at radius 3 is 2.65 bits per heavy atom. The molecule has 1 aromatic carbocycles. The normalized spacial score (nSPS) is 17.1. The maximum absolute atomic E-state index is 13.3. The van der Waals surface area contributed by atoms with Crippen molar-refractivity contribution >= 4 is 16.9 Å². The summed E-state index contributed by atoms with van der Waals surface area (Å²) >= 11 is 0. The number of ether oxygens (including phenoxy) is 2. The van der Waals surface area contributed by atoms with Crippen molar-refractivity contribution < 1.29 is 14.3 Å². The van der Waals surface area contributed by atoms with E-state index in [9.17, 15) is 4.79 Å². The van der Waals surface area contributed by atoms with Gasteiger partial charge in [0.25, 0.3) is 5.91 Å². The molecular weight excluding hydrogens is 392 g/mol. The molecule has 2 aromatic heterocycles. The molecule has 7 heteroatoms. The Labute approximate surface area is 181 Å². The summed E-state index contributed by atoms with van der Waals surface area (Å²) in [7, 11) is 1.86. The van der Waals surface area contributed by atoms with E-state index in [1.807, 2.05) is 33.0 Å². The number of carbonyl (C=O) groups excluding carboxylic acids is 1. The predicted molar refractivity (Wildman–Crippen MR) is 118 cm³/mol. The Balaban J connectivity index is 1.44. The second-order valence-electron chi connectivity index (χ2n) is 8.75. The number of hydrogen-bond donors (Lipinski definition) is 1. The van der Waals surface area contributed by atoms with Crippen molar-refractivity contribution in [2.24, 2.45) is 7.05 Å². The zero-order valence-electron chi connectivity index (χ0n) is 18.3. The smallest absolute Gasteiger partial charge is 0.252 e. The number of amides is 1. The van der Waals surface area contributed by atoms with Crippen LogP contribution in [0, 0.1) is 13.8 Å². The first-order valence-corrected chi connectivity index (χ1v) is 11.0. The van der Waals surface area contributed by atoms with Gasteiger partial charge in [-0.1, -0.05) is 18.9 Å². The molecule has 1 saturated carbocycles. The number of hydrogen-bond acceptors (Lipinski definition) is 5. The molecule has 3 heterocycles. The zero-order valence-corrected chi connectivity index (χ0v) is 18.3. The molecule has 0 spiro atoms. The Bertz CT molecular complexity index is 1160. The number of nitrogens with one attached hydrogen (secondary N) is 1.